The Bertz CT molecular complexity index is 451. The molecule has 0 radical (unpaired) electrons. The molecule has 0 aliphatic heterocycles. The number of rotatable bonds is 5. The van der Waals surface area contributed by atoms with Gasteiger partial charge in [0.15, 0.2) is 5.13 Å². The second-order valence-electron chi connectivity index (χ2n) is 4.76. The van der Waals surface area contributed by atoms with Crippen LogP contribution < -0.4 is 5.32 Å². The molecule has 1 heterocycles. The zero-order chi connectivity index (χ0) is 14.6. The minimum atomic E-state index is -1.03. The van der Waals surface area contributed by atoms with Crippen molar-refractivity contribution in [2.75, 3.05) is 18.4 Å². The van der Waals surface area contributed by atoms with Crippen LogP contribution in [0.1, 0.15) is 24.4 Å². The molecule has 0 atom stereocenters. The zero-order valence-electron chi connectivity index (χ0n) is 11.6. The van der Waals surface area contributed by atoms with Gasteiger partial charge in [0.25, 0.3) is 0 Å². The van der Waals surface area contributed by atoms with Gasteiger partial charge in [-0.3, -0.25) is 10.1 Å². The van der Waals surface area contributed by atoms with Crippen molar-refractivity contribution in [2.45, 2.75) is 27.7 Å². The first-order valence-electron chi connectivity index (χ1n) is 6.01. The highest BCUT2D eigenvalue weighted by Crippen LogP contribution is 2.21. The Morgan fingerprint density at radius 2 is 2.05 bits per heavy atom. The minimum absolute atomic E-state index is 0.199. The zero-order valence-corrected chi connectivity index (χ0v) is 12.4. The third kappa shape index (κ3) is 4.86. The van der Waals surface area contributed by atoms with Gasteiger partial charge in [0.2, 0.25) is 0 Å². The number of carbonyl (C=O) groups is 2. The largest absolute Gasteiger partial charge is 0.480 e. The van der Waals surface area contributed by atoms with E-state index in [0.717, 1.165) is 10.6 Å². The molecule has 19 heavy (non-hydrogen) atoms. The smallest absolute Gasteiger partial charge is 0.324 e. The maximum absolute atomic E-state index is 12.0. The number of carboxylic acids is 1. The Labute approximate surface area is 116 Å². The van der Waals surface area contributed by atoms with E-state index in [0.29, 0.717) is 11.7 Å². The number of carbonyl (C=O) groups excluding carboxylic acids is 1. The van der Waals surface area contributed by atoms with Crippen LogP contribution in [0.4, 0.5) is 9.93 Å². The van der Waals surface area contributed by atoms with Crippen molar-refractivity contribution >= 4 is 28.5 Å². The van der Waals surface area contributed by atoms with Gasteiger partial charge in [0.05, 0.1) is 5.69 Å². The van der Waals surface area contributed by atoms with Gasteiger partial charge in [-0.1, -0.05) is 13.8 Å². The summed E-state index contributed by atoms with van der Waals surface area (Å²) >= 11 is 1.38. The van der Waals surface area contributed by atoms with E-state index in [1.165, 1.54) is 16.2 Å². The van der Waals surface area contributed by atoms with E-state index in [4.69, 9.17) is 5.11 Å². The number of thiazole rings is 1. The van der Waals surface area contributed by atoms with E-state index < -0.39 is 12.0 Å². The van der Waals surface area contributed by atoms with Crippen molar-refractivity contribution in [1.29, 1.82) is 0 Å². The Morgan fingerprint density at radius 3 is 2.47 bits per heavy atom. The maximum atomic E-state index is 12.0. The minimum Gasteiger partial charge on any atom is -0.480 e. The molecule has 0 aliphatic rings. The highest BCUT2D eigenvalue weighted by atomic mass is 32.1. The SMILES string of the molecule is Cc1nc(NC(=O)N(CC(=O)O)CC(C)C)sc1C. The molecule has 0 aromatic carbocycles. The maximum Gasteiger partial charge on any atom is 0.324 e. The normalized spacial score (nSPS) is 10.6. The summed E-state index contributed by atoms with van der Waals surface area (Å²) < 4.78 is 0. The van der Waals surface area contributed by atoms with Crippen LogP contribution in [0.2, 0.25) is 0 Å². The van der Waals surface area contributed by atoms with Gasteiger partial charge in [-0.15, -0.1) is 11.3 Å². The summed E-state index contributed by atoms with van der Waals surface area (Å²) in [5.74, 6) is -0.827. The van der Waals surface area contributed by atoms with E-state index in [-0.39, 0.29) is 12.5 Å². The van der Waals surface area contributed by atoms with E-state index in [1.54, 1.807) is 0 Å². The molecule has 1 rings (SSSR count). The number of amides is 2. The number of urea groups is 1. The monoisotopic (exact) mass is 285 g/mol. The van der Waals surface area contributed by atoms with Gasteiger partial charge < -0.3 is 10.0 Å². The van der Waals surface area contributed by atoms with E-state index in [1.807, 2.05) is 27.7 Å². The van der Waals surface area contributed by atoms with Gasteiger partial charge in [-0.05, 0) is 19.8 Å². The molecular formula is C12H19N3O3S. The summed E-state index contributed by atoms with van der Waals surface area (Å²) in [4.78, 5) is 29.3. The van der Waals surface area contributed by atoms with Crippen LogP contribution in [0.5, 0.6) is 0 Å². The summed E-state index contributed by atoms with van der Waals surface area (Å²) in [6.45, 7) is 7.73. The Kier molecular flexibility index (Phi) is 5.29. The summed E-state index contributed by atoms with van der Waals surface area (Å²) in [5, 5.41) is 12.0. The highest BCUT2D eigenvalue weighted by molar-refractivity contribution is 7.15. The van der Waals surface area contributed by atoms with Crippen LogP contribution in [-0.2, 0) is 4.79 Å². The molecule has 2 N–H and O–H groups in total. The highest BCUT2D eigenvalue weighted by Gasteiger charge is 2.19. The van der Waals surface area contributed by atoms with Crippen LogP contribution in [0.3, 0.4) is 0 Å². The third-order valence-electron chi connectivity index (χ3n) is 2.44. The average Bonchev–Trinajstić information content (AvgIpc) is 2.55. The fraction of sp³-hybridized carbons (Fsp3) is 0.583. The molecule has 0 bridgehead atoms. The molecule has 106 valence electrons. The number of nitrogens with zero attached hydrogens (tertiary/aromatic N) is 2. The second-order valence-corrected chi connectivity index (χ2v) is 5.96. The molecular weight excluding hydrogens is 266 g/mol. The molecule has 7 heteroatoms. The van der Waals surface area contributed by atoms with Gasteiger partial charge >= 0.3 is 12.0 Å². The lowest BCUT2D eigenvalue weighted by atomic mass is 10.2. The van der Waals surface area contributed by atoms with E-state index in [2.05, 4.69) is 10.3 Å². The van der Waals surface area contributed by atoms with Crippen molar-refractivity contribution in [2.24, 2.45) is 5.92 Å². The number of aromatic nitrogens is 1. The average molecular weight is 285 g/mol. The van der Waals surface area contributed by atoms with Gasteiger partial charge in [0.1, 0.15) is 6.54 Å². The first kappa shape index (κ1) is 15.4. The van der Waals surface area contributed by atoms with E-state index in [9.17, 15) is 9.59 Å². The molecule has 0 fully saturated rings. The fourth-order valence-electron chi connectivity index (χ4n) is 1.52. The Balaban J connectivity index is 2.73. The number of nitrogens with one attached hydrogen (secondary N) is 1. The number of hydrogen-bond acceptors (Lipinski definition) is 4. The standard InChI is InChI=1S/C12H19N3O3S/c1-7(2)5-15(6-10(16)17)12(18)14-11-13-8(3)9(4)19-11/h7H,5-6H2,1-4H3,(H,16,17)(H,13,14,18). The first-order valence-corrected chi connectivity index (χ1v) is 6.83. The lowest BCUT2D eigenvalue weighted by Crippen LogP contribution is -2.40. The predicted molar refractivity (Wildman–Crippen MR) is 74.7 cm³/mol. The first-order chi connectivity index (χ1) is 8.79. The van der Waals surface area contributed by atoms with Crippen molar-refractivity contribution in [3.8, 4) is 0 Å². The van der Waals surface area contributed by atoms with Crippen molar-refractivity contribution in [3.63, 3.8) is 0 Å². The second kappa shape index (κ2) is 6.51. The molecule has 0 aliphatic carbocycles. The summed E-state index contributed by atoms with van der Waals surface area (Å²) in [6.07, 6.45) is 0. The van der Waals surface area contributed by atoms with Crippen molar-refractivity contribution in [3.05, 3.63) is 10.6 Å². The Morgan fingerprint density at radius 1 is 1.42 bits per heavy atom. The van der Waals surface area contributed by atoms with Crippen LogP contribution in [0.25, 0.3) is 0 Å². The molecule has 1 aromatic heterocycles. The van der Waals surface area contributed by atoms with Gasteiger partial charge in [-0.2, -0.15) is 0 Å². The molecule has 2 amide bonds. The van der Waals surface area contributed by atoms with Gasteiger partial charge in [0, 0.05) is 11.4 Å². The fourth-order valence-corrected chi connectivity index (χ4v) is 2.32. The molecule has 0 spiro atoms. The quantitative estimate of drug-likeness (QED) is 0.870. The van der Waals surface area contributed by atoms with Crippen molar-refractivity contribution in [1.82, 2.24) is 9.88 Å². The summed E-state index contributed by atoms with van der Waals surface area (Å²) in [7, 11) is 0. The van der Waals surface area contributed by atoms with Crippen LogP contribution >= 0.6 is 11.3 Å². The molecule has 1 aromatic rings. The topological polar surface area (TPSA) is 82.5 Å². The summed E-state index contributed by atoms with van der Waals surface area (Å²) in [6, 6.07) is -0.426. The van der Waals surface area contributed by atoms with Crippen LogP contribution in [-0.4, -0.2) is 40.1 Å². The lowest BCUT2D eigenvalue weighted by molar-refractivity contribution is -0.137. The number of hydrogen-bond donors (Lipinski definition) is 2. The molecule has 0 saturated carbocycles. The third-order valence-corrected chi connectivity index (χ3v) is 3.43. The van der Waals surface area contributed by atoms with Crippen molar-refractivity contribution < 1.29 is 14.7 Å². The van der Waals surface area contributed by atoms with Crippen LogP contribution in [0.15, 0.2) is 0 Å². The number of carboxylic acid groups (broad SMARTS) is 1. The lowest BCUT2D eigenvalue weighted by Gasteiger charge is -2.22. The summed E-state index contributed by atoms with van der Waals surface area (Å²) in [5.41, 5.74) is 0.869. The molecule has 0 unspecified atom stereocenters. The Hall–Kier alpha value is -1.63. The number of aryl methyl sites for hydroxylation is 2. The molecule has 0 saturated heterocycles. The number of aliphatic carboxylic acids is 1. The van der Waals surface area contributed by atoms with Crippen LogP contribution in [0, 0.1) is 19.8 Å². The van der Waals surface area contributed by atoms with Gasteiger partial charge in [-0.25, -0.2) is 9.78 Å². The number of anilines is 1. The predicted octanol–water partition coefficient (Wildman–Crippen LogP) is 2.33. The molecule has 6 nitrogen and oxygen atoms in total. The van der Waals surface area contributed by atoms with E-state index >= 15 is 0 Å².